The van der Waals surface area contributed by atoms with Gasteiger partial charge in [-0.1, -0.05) is 91.0 Å². The molecule has 1 aliphatic rings. The van der Waals surface area contributed by atoms with Crippen molar-refractivity contribution in [1.29, 1.82) is 0 Å². The largest absolute Gasteiger partial charge is 0.444 e. The summed E-state index contributed by atoms with van der Waals surface area (Å²) < 4.78 is 23.4. The van der Waals surface area contributed by atoms with E-state index in [2.05, 4.69) is 0 Å². The van der Waals surface area contributed by atoms with E-state index in [1.165, 1.54) is 9.80 Å². The third-order valence-corrected chi connectivity index (χ3v) is 7.79. The maximum Gasteiger partial charge on any atom is 0.410 e. The molecule has 11 heteroatoms. The summed E-state index contributed by atoms with van der Waals surface area (Å²) in [4.78, 5) is 42.3. The molecule has 2 N–H and O–H groups in total. The normalized spacial score (nSPS) is 16.8. The van der Waals surface area contributed by atoms with Crippen molar-refractivity contribution in [2.24, 2.45) is 0 Å². The predicted molar refractivity (Wildman–Crippen MR) is 178 cm³/mol. The minimum atomic E-state index is -2.35. The first-order chi connectivity index (χ1) is 23.0. The second-order valence-corrected chi connectivity index (χ2v) is 12.8. The Kier molecular flexibility index (Phi) is 13.2. The maximum absolute atomic E-state index is 14.1. The molecule has 0 saturated carbocycles. The first kappa shape index (κ1) is 36.7. The fourth-order valence-electron chi connectivity index (χ4n) is 5.24. The lowest BCUT2D eigenvalue weighted by Gasteiger charge is -2.40. The van der Waals surface area contributed by atoms with Gasteiger partial charge in [-0.2, -0.15) is 0 Å². The molecule has 0 radical (unpaired) electrons. The number of benzene rings is 3. The number of carbonyl (C=O) groups is 3. The zero-order valence-electron chi connectivity index (χ0n) is 27.8. The Bertz CT molecular complexity index is 1430. The molecule has 1 heterocycles. The van der Waals surface area contributed by atoms with Gasteiger partial charge < -0.3 is 39.0 Å². The van der Waals surface area contributed by atoms with E-state index in [1.54, 1.807) is 32.9 Å². The van der Waals surface area contributed by atoms with Gasteiger partial charge in [-0.05, 0) is 37.5 Å². The summed E-state index contributed by atoms with van der Waals surface area (Å²) in [5, 5.41) is 23.6. The van der Waals surface area contributed by atoms with Crippen LogP contribution in [0.5, 0.6) is 0 Å². The van der Waals surface area contributed by atoms with Crippen LogP contribution in [0.1, 0.15) is 37.5 Å². The number of aliphatic hydroxyl groups is 2. The number of aliphatic hydroxyl groups excluding tert-OH is 1. The molecule has 0 aromatic heterocycles. The highest BCUT2D eigenvalue weighted by Gasteiger charge is 2.48. The van der Waals surface area contributed by atoms with E-state index < -0.39 is 48.1 Å². The molecule has 0 aliphatic carbocycles. The molecule has 4 rings (SSSR count). The number of piperazine rings is 1. The standard InChI is InChI=1S/C37H46N2O9/c1-36(2,3)48-35(43)39-21-19-38(20-22-39)34(42)32(46-24-29-15-9-5-10-16-29)31(41)33(47-25-30-17-11-6-12-18-30)37(44,26-40)27-45-23-28-13-7-4-8-14-28/h4-18,26,31-33,41,44H,19-25,27H2,1-3H3/t31-,32-,33+,37+/m1/s1. The lowest BCUT2D eigenvalue weighted by atomic mass is 9.90. The zero-order chi connectivity index (χ0) is 34.6. The molecule has 0 unspecified atom stereocenters. The number of ether oxygens (including phenoxy) is 4. The van der Waals surface area contributed by atoms with Gasteiger partial charge >= 0.3 is 6.09 Å². The highest BCUT2D eigenvalue weighted by Crippen LogP contribution is 2.25. The van der Waals surface area contributed by atoms with Crippen LogP contribution < -0.4 is 0 Å². The predicted octanol–water partition coefficient (Wildman–Crippen LogP) is 3.74. The molecule has 1 fully saturated rings. The Morgan fingerprint density at radius 2 is 1.21 bits per heavy atom. The fraction of sp³-hybridized carbons (Fsp3) is 0.432. The van der Waals surface area contributed by atoms with Crippen molar-refractivity contribution in [3.63, 3.8) is 0 Å². The van der Waals surface area contributed by atoms with Crippen LogP contribution in [-0.2, 0) is 48.4 Å². The van der Waals surface area contributed by atoms with Crippen molar-refractivity contribution in [2.45, 2.75) is 70.1 Å². The van der Waals surface area contributed by atoms with E-state index in [4.69, 9.17) is 18.9 Å². The molecule has 3 aromatic carbocycles. The van der Waals surface area contributed by atoms with Crippen molar-refractivity contribution in [2.75, 3.05) is 32.8 Å². The van der Waals surface area contributed by atoms with Gasteiger partial charge in [-0.3, -0.25) is 9.59 Å². The molecule has 2 amide bonds. The van der Waals surface area contributed by atoms with Gasteiger partial charge in [-0.25, -0.2) is 4.79 Å². The Morgan fingerprint density at radius 3 is 1.69 bits per heavy atom. The quantitative estimate of drug-likeness (QED) is 0.234. The van der Waals surface area contributed by atoms with E-state index in [0.29, 0.717) is 0 Å². The molecule has 48 heavy (non-hydrogen) atoms. The minimum Gasteiger partial charge on any atom is -0.444 e. The average Bonchev–Trinajstić information content (AvgIpc) is 3.09. The molecular weight excluding hydrogens is 616 g/mol. The second-order valence-electron chi connectivity index (χ2n) is 12.8. The van der Waals surface area contributed by atoms with E-state index in [-0.39, 0.29) is 52.3 Å². The Balaban J connectivity index is 1.57. The van der Waals surface area contributed by atoms with Gasteiger partial charge in [-0.15, -0.1) is 0 Å². The second kappa shape index (κ2) is 17.3. The number of amides is 2. The summed E-state index contributed by atoms with van der Waals surface area (Å²) in [7, 11) is 0. The van der Waals surface area contributed by atoms with E-state index in [1.807, 2.05) is 78.9 Å². The number of rotatable bonds is 15. The van der Waals surface area contributed by atoms with Crippen LogP contribution in [0.2, 0.25) is 0 Å². The smallest absolute Gasteiger partial charge is 0.410 e. The Hall–Kier alpha value is -4.13. The van der Waals surface area contributed by atoms with Gasteiger partial charge in [0, 0.05) is 26.2 Å². The van der Waals surface area contributed by atoms with Crippen LogP contribution in [0, 0.1) is 0 Å². The lowest BCUT2D eigenvalue weighted by Crippen LogP contribution is -2.62. The zero-order valence-corrected chi connectivity index (χ0v) is 27.8. The topological polar surface area (TPSA) is 135 Å². The first-order valence-corrected chi connectivity index (χ1v) is 16.1. The molecule has 11 nitrogen and oxygen atoms in total. The molecular formula is C37H46N2O9. The molecule has 0 bridgehead atoms. The van der Waals surface area contributed by atoms with Crippen LogP contribution in [0.3, 0.4) is 0 Å². The van der Waals surface area contributed by atoms with Crippen LogP contribution in [-0.4, -0.2) is 101 Å². The van der Waals surface area contributed by atoms with Gasteiger partial charge in [0.25, 0.3) is 5.91 Å². The van der Waals surface area contributed by atoms with Crippen molar-refractivity contribution in [3.05, 3.63) is 108 Å². The SMILES string of the molecule is CC(C)(C)OC(=O)N1CCN(C(=O)[C@H](OCc2ccccc2)[C@@H](O)[C@H](OCc2ccccc2)[C@](O)(C=O)COCc2ccccc2)CC1. The van der Waals surface area contributed by atoms with Gasteiger partial charge in [0.2, 0.25) is 0 Å². The summed E-state index contributed by atoms with van der Waals surface area (Å²) in [5.74, 6) is -0.575. The van der Waals surface area contributed by atoms with Crippen LogP contribution in [0.15, 0.2) is 91.0 Å². The Labute approximate surface area is 282 Å². The minimum absolute atomic E-state index is 0.0401. The average molecular weight is 663 g/mol. The van der Waals surface area contributed by atoms with Crippen LogP contribution in [0.4, 0.5) is 4.79 Å². The van der Waals surface area contributed by atoms with Crippen LogP contribution >= 0.6 is 0 Å². The monoisotopic (exact) mass is 662 g/mol. The molecule has 1 saturated heterocycles. The fourth-order valence-corrected chi connectivity index (χ4v) is 5.24. The molecule has 258 valence electrons. The first-order valence-electron chi connectivity index (χ1n) is 16.1. The third kappa shape index (κ3) is 10.7. The molecule has 1 aliphatic heterocycles. The highest BCUT2D eigenvalue weighted by molar-refractivity contribution is 5.82. The summed E-state index contributed by atoms with van der Waals surface area (Å²) in [5.41, 5.74) is -0.736. The summed E-state index contributed by atoms with van der Waals surface area (Å²) in [6.07, 6.45) is -5.18. The summed E-state index contributed by atoms with van der Waals surface area (Å²) in [6, 6.07) is 27.4. The number of carbonyl (C=O) groups excluding carboxylic acids is 3. The van der Waals surface area contributed by atoms with E-state index >= 15 is 0 Å². The molecule has 4 atom stereocenters. The lowest BCUT2D eigenvalue weighted by molar-refractivity contribution is -0.205. The Morgan fingerprint density at radius 1 is 0.750 bits per heavy atom. The number of hydrogen-bond donors (Lipinski definition) is 2. The van der Waals surface area contributed by atoms with Crippen molar-refractivity contribution in [1.82, 2.24) is 9.80 Å². The van der Waals surface area contributed by atoms with Crippen molar-refractivity contribution in [3.8, 4) is 0 Å². The van der Waals surface area contributed by atoms with E-state index in [9.17, 15) is 24.6 Å². The molecule has 0 spiro atoms. The van der Waals surface area contributed by atoms with Crippen molar-refractivity contribution >= 4 is 18.3 Å². The van der Waals surface area contributed by atoms with Gasteiger partial charge in [0.05, 0.1) is 26.4 Å². The van der Waals surface area contributed by atoms with Gasteiger partial charge in [0.15, 0.2) is 18.0 Å². The highest BCUT2D eigenvalue weighted by atomic mass is 16.6. The third-order valence-electron chi connectivity index (χ3n) is 7.79. The summed E-state index contributed by atoms with van der Waals surface area (Å²) in [6.45, 7) is 5.53. The van der Waals surface area contributed by atoms with Gasteiger partial charge in [0.1, 0.15) is 17.8 Å². The summed E-state index contributed by atoms with van der Waals surface area (Å²) >= 11 is 0. The number of nitrogens with zero attached hydrogens (tertiary/aromatic N) is 2. The number of aldehydes is 1. The van der Waals surface area contributed by atoms with Crippen LogP contribution in [0.25, 0.3) is 0 Å². The van der Waals surface area contributed by atoms with Crippen molar-refractivity contribution < 1.29 is 43.5 Å². The number of hydrogen-bond acceptors (Lipinski definition) is 9. The van der Waals surface area contributed by atoms with E-state index in [0.717, 1.165) is 16.7 Å². The maximum atomic E-state index is 14.1. The molecule has 3 aromatic rings.